The molecule has 0 saturated carbocycles. The maximum Gasteiger partial charge on any atom is 0.235 e. The molecule has 1 unspecified atom stereocenters. The van der Waals surface area contributed by atoms with Crippen molar-refractivity contribution in [1.29, 1.82) is 0 Å². The van der Waals surface area contributed by atoms with Crippen LogP contribution in [-0.4, -0.2) is 55.4 Å². The van der Waals surface area contributed by atoms with Crippen LogP contribution in [0, 0.1) is 6.92 Å². The highest BCUT2D eigenvalue weighted by Crippen LogP contribution is 2.57. The number of sulfonamides is 1. The van der Waals surface area contributed by atoms with E-state index < -0.39 is 44.3 Å². The molecule has 3 N–H and O–H groups in total. The minimum absolute atomic E-state index is 0.00327. The molecule has 41 heavy (non-hydrogen) atoms. The normalized spacial score (nSPS) is 22.4. The predicted octanol–water partition coefficient (Wildman–Crippen LogP) is 3.62. The number of hydrogen-bond donors (Lipinski definition) is 3. The fraction of sp³-hybridized carbons (Fsp3) is 0.345. The molecule has 5 rings (SSSR count). The third-order valence-corrected chi connectivity index (χ3v) is 9.74. The molecule has 0 amide bonds. The van der Waals surface area contributed by atoms with Crippen LogP contribution >= 0.6 is 0 Å². The number of nitrogens with zero attached hydrogens (tertiary/aromatic N) is 1. The lowest BCUT2D eigenvalue weighted by Crippen LogP contribution is -2.40. The average Bonchev–Trinajstić information content (AvgIpc) is 3.19. The first-order valence-corrected chi connectivity index (χ1v) is 14.6. The van der Waals surface area contributed by atoms with Gasteiger partial charge in [-0.25, -0.2) is 8.42 Å². The second kappa shape index (κ2) is 9.65. The first kappa shape index (κ1) is 28.2. The second-order valence-corrected chi connectivity index (χ2v) is 12.5. The highest BCUT2D eigenvalue weighted by Gasteiger charge is 2.56. The van der Waals surface area contributed by atoms with Gasteiger partial charge in [-0.15, -0.1) is 0 Å². The van der Waals surface area contributed by atoms with E-state index in [1.54, 1.807) is 18.2 Å². The Morgan fingerprint density at radius 1 is 1.15 bits per heavy atom. The van der Waals surface area contributed by atoms with E-state index in [1.807, 2.05) is 0 Å². The Labute approximate surface area is 237 Å². The van der Waals surface area contributed by atoms with Crippen molar-refractivity contribution < 1.29 is 42.5 Å². The van der Waals surface area contributed by atoms with Gasteiger partial charge in [0.1, 0.15) is 39.7 Å². The number of phenols is 2. The molecule has 216 valence electrons. The Morgan fingerprint density at radius 2 is 1.85 bits per heavy atom. The van der Waals surface area contributed by atoms with Crippen molar-refractivity contribution in [2.45, 2.75) is 46.0 Å². The molecule has 1 fully saturated rings. The third kappa shape index (κ3) is 4.16. The largest absolute Gasteiger partial charge is 0.507 e. The number of rotatable bonds is 5. The van der Waals surface area contributed by atoms with Crippen LogP contribution in [0.1, 0.15) is 55.1 Å². The van der Waals surface area contributed by atoms with Gasteiger partial charge in [0, 0.05) is 29.6 Å². The van der Waals surface area contributed by atoms with Gasteiger partial charge in [-0.3, -0.25) is 18.7 Å². The Morgan fingerprint density at radius 3 is 2.49 bits per heavy atom. The van der Waals surface area contributed by atoms with Gasteiger partial charge in [0.25, 0.3) is 0 Å². The summed E-state index contributed by atoms with van der Waals surface area (Å²) in [5, 5.41) is 24.6. The number of methoxy groups -OCH3 is 1. The summed E-state index contributed by atoms with van der Waals surface area (Å²) < 4.78 is 38.1. The van der Waals surface area contributed by atoms with Crippen molar-refractivity contribution in [2.75, 3.05) is 29.0 Å². The summed E-state index contributed by atoms with van der Waals surface area (Å²) in [4.78, 5) is 39.7. The topological polar surface area (TPSA) is 160 Å². The SMILES string of the molecule is COc1ccc(NC(C)=C2C(=O)C=C3Oc4c(C(C)=O)c(O)c(C)c(O)c4C3(C)C2=O)cc1N1CCCCS1(=O)=O. The highest BCUT2D eigenvalue weighted by molar-refractivity contribution is 7.92. The number of allylic oxidation sites excluding steroid dienone is 4. The predicted molar refractivity (Wildman–Crippen MR) is 150 cm³/mol. The van der Waals surface area contributed by atoms with Gasteiger partial charge < -0.3 is 25.0 Å². The number of hydrogen-bond acceptors (Lipinski definition) is 10. The highest BCUT2D eigenvalue weighted by atomic mass is 32.2. The van der Waals surface area contributed by atoms with Crippen LogP contribution in [0.3, 0.4) is 0 Å². The van der Waals surface area contributed by atoms with E-state index in [1.165, 1.54) is 39.1 Å². The molecule has 1 aliphatic carbocycles. The first-order chi connectivity index (χ1) is 19.2. The zero-order valence-corrected chi connectivity index (χ0v) is 24.1. The first-order valence-electron chi connectivity index (χ1n) is 13.0. The zero-order valence-electron chi connectivity index (χ0n) is 23.2. The molecule has 0 bridgehead atoms. The van der Waals surface area contributed by atoms with Crippen molar-refractivity contribution in [3.05, 3.63) is 58.0 Å². The van der Waals surface area contributed by atoms with Crippen LogP contribution in [-0.2, 0) is 25.0 Å². The smallest absolute Gasteiger partial charge is 0.235 e. The summed E-state index contributed by atoms with van der Waals surface area (Å²) in [6.45, 7) is 5.95. The van der Waals surface area contributed by atoms with E-state index in [2.05, 4.69) is 5.32 Å². The van der Waals surface area contributed by atoms with Crippen molar-refractivity contribution in [1.82, 2.24) is 0 Å². The summed E-state index contributed by atoms with van der Waals surface area (Å²) in [7, 11) is -2.10. The van der Waals surface area contributed by atoms with E-state index in [9.17, 15) is 33.0 Å². The molecule has 1 saturated heterocycles. The molecule has 2 heterocycles. The van der Waals surface area contributed by atoms with Gasteiger partial charge in [0.2, 0.25) is 10.0 Å². The number of carbonyl (C=O) groups is 3. The monoisotopic (exact) mass is 582 g/mol. The van der Waals surface area contributed by atoms with Crippen LogP contribution in [0.2, 0.25) is 0 Å². The van der Waals surface area contributed by atoms with Crippen molar-refractivity contribution in [3.63, 3.8) is 0 Å². The van der Waals surface area contributed by atoms with Gasteiger partial charge in [0.15, 0.2) is 17.3 Å². The van der Waals surface area contributed by atoms with Gasteiger partial charge in [-0.2, -0.15) is 0 Å². The van der Waals surface area contributed by atoms with Crippen molar-refractivity contribution in [3.8, 4) is 23.0 Å². The number of aromatic hydroxyl groups is 2. The Hall–Kier alpha value is -4.32. The quantitative estimate of drug-likeness (QED) is 0.270. The van der Waals surface area contributed by atoms with E-state index in [-0.39, 0.29) is 45.2 Å². The maximum absolute atomic E-state index is 14.1. The standard InChI is InChI=1S/C29H30N2O9S/c1-14-25(34)23(16(3)32)27-24(26(14)35)29(4)21(40-27)13-19(33)22(28(29)36)15(2)30-17-8-9-20(39-5)18(12-17)31-10-6-7-11-41(31,37)38/h8-9,12-13,30,34-35H,6-7,10-11H2,1-5H3. The molecular formula is C29H30N2O9S. The minimum atomic E-state index is -3.54. The third-order valence-electron chi connectivity index (χ3n) is 7.89. The zero-order chi connectivity index (χ0) is 30.0. The Balaban J connectivity index is 1.60. The summed E-state index contributed by atoms with van der Waals surface area (Å²) in [5.74, 6) is -2.60. The lowest BCUT2D eigenvalue weighted by Gasteiger charge is -2.30. The van der Waals surface area contributed by atoms with Crippen molar-refractivity contribution in [2.24, 2.45) is 0 Å². The number of carbonyl (C=O) groups excluding carboxylic acids is 3. The minimum Gasteiger partial charge on any atom is -0.507 e. The van der Waals surface area contributed by atoms with Crippen LogP contribution in [0.15, 0.2) is 41.3 Å². The molecule has 2 aromatic rings. The lowest BCUT2D eigenvalue weighted by atomic mass is 9.70. The Kier molecular flexibility index (Phi) is 6.64. The Bertz CT molecular complexity index is 1720. The number of ether oxygens (including phenoxy) is 2. The van der Waals surface area contributed by atoms with E-state index >= 15 is 0 Å². The van der Waals surface area contributed by atoms with Gasteiger partial charge in [-0.05, 0) is 58.7 Å². The number of phenolic OH excluding ortho intramolecular Hbond substituents is 2. The number of nitrogens with one attached hydrogen (secondary N) is 1. The number of benzene rings is 2. The number of anilines is 2. The second-order valence-electron chi connectivity index (χ2n) is 10.5. The summed E-state index contributed by atoms with van der Waals surface area (Å²) in [6, 6.07) is 4.81. The number of ketones is 3. The molecule has 0 aromatic heterocycles. The lowest BCUT2D eigenvalue weighted by molar-refractivity contribution is -0.123. The molecule has 2 aromatic carbocycles. The summed E-state index contributed by atoms with van der Waals surface area (Å²) in [5.41, 5.74) is -1.11. The van der Waals surface area contributed by atoms with Crippen LogP contribution in [0.5, 0.6) is 23.0 Å². The fourth-order valence-electron chi connectivity index (χ4n) is 5.66. The summed E-state index contributed by atoms with van der Waals surface area (Å²) in [6.07, 6.45) is 2.40. The van der Waals surface area contributed by atoms with E-state index in [0.29, 0.717) is 36.5 Å². The molecule has 11 nitrogen and oxygen atoms in total. The van der Waals surface area contributed by atoms with E-state index in [0.717, 1.165) is 6.08 Å². The average molecular weight is 583 g/mol. The fourth-order valence-corrected chi connectivity index (χ4v) is 7.30. The molecule has 12 heteroatoms. The molecule has 0 spiro atoms. The van der Waals surface area contributed by atoms with Gasteiger partial charge in [0.05, 0.1) is 29.7 Å². The molecular weight excluding hydrogens is 552 g/mol. The molecule has 2 aliphatic heterocycles. The van der Waals surface area contributed by atoms with Gasteiger partial charge >= 0.3 is 0 Å². The number of Topliss-reactive ketones (excluding diaryl/α,β-unsaturated/α-hetero) is 2. The van der Waals surface area contributed by atoms with Gasteiger partial charge in [-0.1, -0.05) is 0 Å². The molecule has 3 aliphatic rings. The van der Waals surface area contributed by atoms with E-state index in [4.69, 9.17) is 9.47 Å². The van der Waals surface area contributed by atoms with Crippen molar-refractivity contribution >= 4 is 38.7 Å². The summed E-state index contributed by atoms with van der Waals surface area (Å²) >= 11 is 0. The van der Waals surface area contributed by atoms with Crippen LogP contribution < -0.4 is 19.1 Å². The maximum atomic E-state index is 14.1. The van der Waals surface area contributed by atoms with Crippen LogP contribution in [0.25, 0.3) is 0 Å². The molecule has 1 atom stereocenters. The molecule has 0 radical (unpaired) electrons. The van der Waals surface area contributed by atoms with Crippen LogP contribution in [0.4, 0.5) is 11.4 Å². The number of fused-ring (bicyclic) bond motifs is 3.